The van der Waals surface area contributed by atoms with Crippen molar-refractivity contribution in [2.24, 2.45) is 0 Å². The zero-order valence-corrected chi connectivity index (χ0v) is 9.01. The van der Waals surface area contributed by atoms with E-state index in [1.54, 1.807) is 0 Å². The molecule has 7 heteroatoms. The molecule has 0 aromatic rings. The van der Waals surface area contributed by atoms with Crippen LogP contribution in [0.4, 0.5) is 0 Å². The first-order chi connectivity index (χ1) is 2.00. The van der Waals surface area contributed by atoms with Crippen LogP contribution < -0.4 is 14.7 Å². The van der Waals surface area contributed by atoms with Gasteiger partial charge in [0.2, 0.25) is 0 Å². The maximum atomic E-state index is 8.55. The number of hydrogen-bond donors (Lipinski definition) is 0. The van der Waals surface area contributed by atoms with E-state index in [4.69, 9.17) is 19.2 Å². The van der Waals surface area contributed by atoms with Gasteiger partial charge in [-0.05, 0) is 0 Å². The van der Waals surface area contributed by atoms with Crippen molar-refractivity contribution in [2.75, 3.05) is 0 Å². The summed E-state index contributed by atoms with van der Waals surface area (Å²) in [5, 5.41) is 0. The fourth-order valence-corrected chi connectivity index (χ4v) is 0. The molecule has 0 bridgehead atoms. The molecule has 0 amide bonds. The SMILES string of the molecule is O=P([O-])([O-])[O-].[Gd].[Y+3]. The maximum absolute atomic E-state index is 8.55. The predicted molar refractivity (Wildman–Crippen MR) is 7.61 cm³/mol. The maximum Gasteiger partial charge on any atom is 3.00 e. The molecule has 0 heterocycles. The fourth-order valence-electron chi connectivity index (χ4n) is 0. The van der Waals surface area contributed by atoms with Crippen molar-refractivity contribution in [3.63, 3.8) is 0 Å². The molecule has 0 N–H and O–H groups in total. The molecule has 0 aliphatic rings. The van der Waals surface area contributed by atoms with E-state index in [0.717, 1.165) is 0 Å². The third-order valence-electron chi connectivity index (χ3n) is 0. The number of rotatable bonds is 0. The number of hydrogen-bond acceptors (Lipinski definition) is 4. The average Bonchev–Trinajstić information content (AvgIpc) is 0.722. The van der Waals surface area contributed by atoms with Crippen LogP contribution >= 0.6 is 7.82 Å². The second-order valence-corrected chi connectivity index (χ2v) is 1.34. The Hall–Kier alpha value is 2.54. The first-order valence-electron chi connectivity index (χ1n) is 0.730. The van der Waals surface area contributed by atoms with Gasteiger partial charge in [-0.15, -0.1) is 0 Å². The fraction of sp³-hybridized carbons (Fsp3) is 0. The van der Waals surface area contributed by atoms with Gasteiger partial charge in [-0.25, -0.2) is 0 Å². The van der Waals surface area contributed by atoms with E-state index in [2.05, 4.69) is 0 Å². The monoisotopic (exact) mass is 342 g/mol. The molecule has 40 valence electrons. The Morgan fingerprint density at radius 2 is 1.14 bits per heavy atom. The Bertz CT molecular complexity index is 57.8. The van der Waals surface area contributed by atoms with Gasteiger partial charge in [0.1, 0.15) is 0 Å². The minimum absolute atomic E-state index is 0. The van der Waals surface area contributed by atoms with Gasteiger partial charge in [0, 0.05) is 39.9 Å². The second kappa shape index (κ2) is 6.66. The third kappa shape index (κ3) is 56.6. The first-order valence-corrected chi connectivity index (χ1v) is 2.19. The van der Waals surface area contributed by atoms with Crippen LogP contribution in [0.3, 0.4) is 0 Å². The number of phosphoric acid groups is 1. The van der Waals surface area contributed by atoms with Crippen molar-refractivity contribution in [1.82, 2.24) is 0 Å². The molecule has 0 rings (SSSR count). The van der Waals surface area contributed by atoms with E-state index in [1.807, 2.05) is 0 Å². The van der Waals surface area contributed by atoms with Crippen molar-refractivity contribution in [3.8, 4) is 0 Å². The Labute approximate surface area is 97.9 Å². The van der Waals surface area contributed by atoms with Gasteiger partial charge in [0.15, 0.2) is 0 Å². The molecule has 0 unspecified atom stereocenters. The summed E-state index contributed by atoms with van der Waals surface area (Å²) in [6.07, 6.45) is 0. The zero-order chi connectivity index (χ0) is 4.50. The molecule has 4 nitrogen and oxygen atoms in total. The molecule has 0 saturated heterocycles. The second-order valence-electron chi connectivity index (χ2n) is 0.447. The van der Waals surface area contributed by atoms with E-state index in [0.29, 0.717) is 0 Å². The summed E-state index contributed by atoms with van der Waals surface area (Å²) >= 11 is 0. The minimum Gasteiger partial charge on any atom is -0.822 e. The van der Waals surface area contributed by atoms with Crippen LogP contribution in [0.5, 0.6) is 0 Å². The molecule has 7 heavy (non-hydrogen) atoms. The van der Waals surface area contributed by atoms with Gasteiger partial charge in [-0.3, -0.25) is 0 Å². The molecule has 0 spiro atoms. The van der Waals surface area contributed by atoms with Crippen LogP contribution in [0, 0.1) is 39.9 Å². The summed E-state index contributed by atoms with van der Waals surface area (Å²) in [5.41, 5.74) is 0. The summed E-state index contributed by atoms with van der Waals surface area (Å²) in [7, 11) is -5.39. The predicted octanol–water partition coefficient (Wildman–Crippen LogP) is -2.83. The van der Waals surface area contributed by atoms with Crippen LogP contribution in [-0.4, -0.2) is 0 Å². The molecule has 0 radical (unpaired) electrons. The van der Waals surface area contributed by atoms with Crippen LogP contribution in [0.25, 0.3) is 0 Å². The summed E-state index contributed by atoms with van der Waals surface area (Å²) in [4.78, 5) is 25.6. The van der Waals surface area contributed by atoms with Gasteiger partial charge < -0.3 is 19.2 Å². The van der Waals surface area contributed by atoms with Crippen molar-refractivity contribution >= 4 is 7.82 Å². The zero-order valence-electron chi connectivity index (χ0n) is 3.01. The standard InChI is InChI=1S/Gd.H3O4P.Y/c;1-5(2,3)4;/h;(H3,1,2,3,4);/q;;+3/p-3. The van der Waals surface area contributed by atoms with E-state index in [9.17, 15) is 0 Å². The molecule has 0 aromatic carbocycles. The van der Waals surface area contributed by atoms with Crippen LogP contribution in [0.15, 0.2) is 0 Å². The van der Waals surface area contributed by atoms with Crippen LogP contribution in [0.1, 0.15) is 0 Å². The van der Waals surface area contributed by atoms with E-state index in [1.165, 1.54) is 0 Å². The van der Waals surface area contributed by atoms with Crippen molar-refractivity contribution in [3.05, 3.63) is 0 Å². The molecular formula is GdO4PY. The smallest absolute Gasteiger partial charge is 0.822 e. The van der Waals surface area contributed by atoms with Crippen molar-refractivity contribution in [2.45, 2.75) is 0 Å². The van der Waals surface area contributed by atoms with Gasteiger partial charge in [0.05, 0.1) is 0 Å². The average molecular weight is 341 g/mol. The topological polar surface area (TPSA) is 86.2 Å². The largest absolute Gasteiger partial charge is 3.00 e. The Morgan fingerprint density at radius 1 is 1.14 bits per heavy atom. The Balaban J connectivity index is -0.0000000800. The summed E-state index contributed by atoms with van der Waals surface area (Å²) in [5.74, 6) is 0. The molecule has 0 aliphatic heterocycles. The van der Waals surface area contributed by atoms with E-state index >= 15 is 0 Å². The van der Waals surface area contributed by atoms with Gasteiger partial charge in [-0.2, -0.15) is 7.82 Å². The summed E-state index contributed by atoms with van der Waals surface area (Å²) in [6.45, 7) is 0. The van der Waals surface area contributed by atoms with E-state index < -0.39 is 7.82 Å². The normalized spacial score (nSPS) is 8.43. The molecule has 0 atom stereocenters. The van der Waals surface area contributed by atoms with Gasteiger partial charge in [-0.1, -0.05) is 0 Å². The van der Waals surface area contributed by atoms with Gasteiger partial charge >= 0.3 is 32.7 Å². The van der Waals surface area contributed by atoms with Crippen molar-refractivity contribution in [1.29, 1.82) is 0 Å². The Morgan fingerprint density at radius 3 is 1.14 bits per heavy atom. The molecular weight excluding hydrogens is 341 g/mol. The van der Waals surface area contributed by atoms with Crippen LogP contribution in [0.2, 0.25) is 0 Å². The minimum atomic E-state index is -5.39. The molecule has 0 aromatic heterocycles. The molecule has 0 fully saturated rings. The Kier molecular flexibility index (Phi) is 15.5. The summed E-state index contributed by atoms with van der Waals surface area (Å²) in [6, 6.07) is 0. The molecule has 0 aliphatic carbocycles. The quantitative estimate of drug-likeness (QED) is 0.445. The molecule has 0 saturated carbocycles. The van der Waals surface area contributed by atoms with Gasteiger partial charge in [0.25, 0.3) is 0 Å². The summed E-state index contributed by atoms with van der Waals surface area (Å²) < 4.78 is 8.55. The third-order valence-corrected chi connectivity index (χ3v) is 0. The first kappa shape index (κ1) is 16.3. The van der Waals surface area contributed by atoms with Crippen LogP contribution in [-0.2, 0) is 37.3 Å². The van der Waals surface area contributed by atoms with Crippen molar-refractivity contribution < 1.29 is 91.9 Å². The van der Waals surface area contributed by atoms with E-state index in [-0.39, 0.29) is 72.6 Å².